The van der Waals surface area contributed by atoms with E-state index in [1.807, 2.05) is 27.7 Å². The minimum absolute atomic E-state index is 0.00134. The van der Waals surface area contributed by atoms with Crippen LogP contribution in [0.3, 0.4) is 0 Å². The number of halogens is 5. The number of carbonyl (C=O) groups excluding carboxylic acids is 6. The van der Waals surface area contributed by atoms with Crippen LogP contribution in [0.4, 0.5) is 0 Å². The molecule has 68 heavy (non-hydrogen) atoms. The molecule has 20 heteroatoms. The minimum Gasteiger partial charge on any atom is -0.491 e. The van der Waals surface area contributed by atoms with E-state index in [4.69, 9.17) is 42.6 Å². The van der Waals surface area contributed by atoms with Gasteiger partial charge in [0, 0.05) is 71.6 Å². The number of rotatable bonds is 27. The smallest absolute Gasteiger partial charge is 0.302 e. The van der Waals surface area contributed by atoms with Gasteiger partial charge in [-0.3, -0.25) is 28.8 Å². The van der Waals surface area contributed by atoms with Gasteiger partial charge in [-0.05, 0) is 110 Å². The van der Waals surface area contributed by atoms with Crippen LogP contribution in [0.2, 0.25) is 0 Å². The number of ketones is 3. The van der Waals surface area contributed by atoms with Crippen molar-refractivity contribution in [3.63, 3.8) is 0 Å². The average molecular weight is 1280 g/mol. The van der Waals surface area contributed by atoms with Gasteiger partial charge in [0.1, 0.15) is 56.9 Å². The van der Waals surface area contributed by atoms with Crippen molar-refractivity contribution in [1.82, 2.24) is 0 Å². The molecule has 0 saturated heterocycles. The number of esters is 3. The lowest BCUT2D eigenvalue weighted by molar-refractivity contribution is -0.143. The fourth-order valence-corrected chi connectivity index (χ4v) is 5.83. The Morgan fingerprint density at radius 3 is 1.13 bits per heavy atom. The van der Waals surface area contributed by atoms with E-state index in [2.05, 4.69) is 76.0 Å². The van der Waals surface area contributed by atoms with Gasteiger partial charge in [-0.1, -0.05) is 45.7 Å². The monoisotopic (exact) mass is 1270 g/mol. The summed E-state index contributed by atoms with van der Waals surface area (Å²) in [6, 6.07) is 19.3. The molecule has 0 spiro atoms. The summed E-state index contributed by atoms with van der Waals surface area (Å²) < 4.78 is 46.1. The highest BCUT2D eigenvalue weighted by atomic mass is 80.9. The second-order valence-electron chi connectivity index (χ2n) is 15.2. The van der Waals surface area contributed by atoms with Gasteiger partial charge in [-0.2, -0.15) is 0 Å². The van der Waals surface area contributed by atoms with E-state index in [-0.39, 0.29) is 61.0 Å². The summed E-state index contributed by atoms with van der Waals surface area (Å²) in [4.78, 5) is 67.6. The summed E-state index contributed by atoms with van der Waals surface area (Å²) in [6.07, 6.45) is 0. The lowest BCUT2D eigenvalue weighted by Crippen LogP contribution is -2.24. The van der Waals surface area contributed by atoms with E-state index in [9.17, 15) is 28.8 Å². The predicted molar refractivity (Wildman–Crippen MR) is 278 cm³/mol. The molecular formula is C48H63Br5O15. The molecule has 0 saturated carbocycles. The molecule has 0 heterocycles. The molecule has 0 bridgehead atoms. The van der Waals surface area contributed by atoms with Crippen molar-refractivity contribution in [3.8, 4) is 17.2 Å². The van der Waals surface area contributed by atoms with Crippen LogP contribution in [0.25, 0.3) is 0 Å². The molecule has 0 N–H and O–H groups in total. The van der Waals surface area contributed by atoms with Gasteiger partial charge in [0.25, 0.3) is 0 Å². The maximum Gasteiger partial charge on any atom is 0.302 e. The number of hydrogen-bond donors (Lipinski definition) is 0. The van der Waals surface area contributed by atoms with E-state index in [0.29, 0.717) is 97.9 Å². The Kier molecular flexibility index (Phi) is 34.9. The molecule has 0 amide bonds. The Morgan fingerprint density at radius 2 is 0.794 bits per heavy atom. The fourth-order valence-electron chi connectivity index (χ4n) is 4.88. The molecule has 3 aromatic rings. The second kappa shape index (κ2) is 36.7. The van der Waals surface area contributed by atoms with E-state index in [1.165, 1.54) is 20.8 Å². The summed E-state index contributed by atoms with van der Waals surface area (Å²) in [5, 5.41) is 0. The quantitative estimate of drug-likeness (QED) is 0.0231. The van der Waals surface area contributed by atoms with Gasteiger partial charge in [0.2, 0.25) is 0 Å². The first kappa shape index (κ1) is 64.8. The van der Waals surface area contributed by atoms with Crippen LogP contribution < -0.4 is 14.2 Å². The number of alkyl halides is 2. The molecule has 380 valence electrons. The van der Waals surface area contributed by atoms with Gasteiger partial charge in [-0.25, -0.2) is 0 Å². The van der Waals surface area contributed by atoms with Crippen molar-refractivity contribution in [2.24, 2.45) is 5.92 Å². The maximum absolute atomic E-state index is 12.2. The van der Waals surface area contributed by atoms with E-state index in [1.54, 1.807) is 80.6 Å². The number of hydrogen-bond acceptors (Lipinski definition) is 15. The highest BCUT2D eigenvalue weighted by Crippen LogP contribution is 2.30. The van der Waals surface area contributed by atoms with Crippen molar-refractivity contribution in [1.29, 1.82) is 0 Å². The first-order valence-electron chi connectivity index (χ1n) is 21.2. The number of benzene rings is 3. The summed E-state index contributed by atoms with van der Waals surface area (Å²) in [7, 11) is 0. The van der Waals surface area contributed by atoms with Crippen LogP contribution >= 0.6 is 76.0 Å². The minimum atomic E-state index is -0.607. The largest absolute Gasteiger partial charge is 0.491 e. The molecule has 0 aliphatic rings. The van der Waals surface area contributed by atoms with E-state index >= 15 is 0 Å². The van der Waals surface area contributed by atoms with Crippen LogP contribution in [-0.4, -0.2) is 123 Å². The molecular weight excluding hydrogens is 1220 g/mol. The molecule has 3 rings (SSSR count). The molecule has 0 aliphatic heterocycles. The highest BCUT2D eigenvalue weighted by Gasteiger charge is 2.26. The Bertz CT molecular complexity index is 1950. The zero-order valence-corrected chi connectivity index (χ0v) is 47.9. The average Bonchev–Trinajstić information content (AvgIpc) is 3.28. The predicted octanol–water partition coefficient (Wildman–Crippen LogP) is 10.9. The number of Topliss-reactive ketones (excluding diaryl/α,β-unsaturated/α-hetero) is 3. The third-order valence-corrected chi connectivity index (χ3v) is 9.47. The van der Waals surface area contributed by atoms with Crippen molar-refractivity contribution >= 4 is 111 Å². The molecule has 0 atom stereocenters. The Hall–Kier alpha value is -3.24. The number of ether oxygens (including phenoxy) is 9. The Balaban J connectivity index is 0.000000972. The molecule has 0 fully saturated rings. The van der Waals surface area contributed by atoms with Crippen LogP contribution in [0.5, 0.6) is 17.2 Å². The topological polar surface area (TPSA) is 185 Å². The van der Waals surface area contributed by atoms with Crippen LogP contribution in [-0.2, 0) is 42.8 Å². The molecule has 0 aromatic heterocycles. The Morgan fingerprint density at radius 1 is 0.471 bits per heavy atom. The summed E-state index contributed by atoms with van der Waals surface area (Å²) in [5.74, 6) is 1.18. The van der Waals surface area contributed by atoms with Crippen molar-refractivity contribution in [2.75, 3.05) is 79.3 Å². The third kappa shape index (κ3) is 31.1. The van der Waals surface area contributed by atoms with Gasteiger partial charge in [-0.15, -0.1) is 0 Å². The molecule has 3 aromatic carbocycles. The SMILES string of the molecule is BrBr.CC(=O)OCCOCCOc1ccc(C(=O)C(C)(C)Br)cc1.CC(=O)OCCOCCOc1ccc(C(=O)C(C)(C)Br)cc1Br.CC(=O)OCCOCCOc1ccc(C(=O)C(C)C)cc1. The third-order valence-electron chi connectivity index (χ3n) is 8.13. The van der Waals surface area contributed by atoms with E-state index in [0.717, 1.165) is 0 Å². The van der Waals surface area contributed by atoms with Crippen molar-refractivity contribution in [3.05, 3.63) is 87.9 Å². The molecule has 0 unspecified atom stereocenters. The zero-order valence-electron chi connectivity index (χ0n) is 39.9. The lowest BCUT2D eigenvalue weighted by Gasteiger charge is -2.15. The van der Waals surface area contributed by atoms with Crippen molar-refractivity contribution < 1.29 is 71.4 Å². The van der Waals surface area contributed by atoms with Crippen LogP contribution in [0.15, 0.2) is 71.2 Å². The number of carbonyl (C=O) groups is 6. The standard InChI is InChI=1S/C16H20Br2O5.C16H21BrO5.C16H22O5.Br2/c1-11(19)22-8-6-21-7-9-23-14-5-4-12(10-13(14)17)15(20)16(2,3)18;1-12(18)21-10-8-20-9-11-22-14-6-4-13(5-7-14)15(19)16(2,3)17;1-12(2)16(18)14-4-6-15(7-5-14)21-11-9-19-8-10-20-13(3)17;1-2/h4-5,10H,6-9H2,1-3H3;4-7H,8-11H2,1-3H3;4-7,12H,8-11H2,1-3H3;. The first-order chi connectivity index (χ1) is 32.0. The lowest BCUT2D eigenvalue weighted by atomic mass is 10.0. The van der Waals surface area contributed by atoms with Crippen LogP contribution in [0.1, 0.15) is 93.4 Å². The van der Waals surface area contributed by atoms with E-state index < -0.39 is 8.65 Å². The van der Waals surface area contributed by atoms with Gasteiger partial charge in [0.05, 0.1) is 52.8 Å². The Labute approximate surface area is 440 Å². The summed E-state index contributed by atoms with van der Waals surface area (Å²) in [6.45, 7) is 19.1. The van der Waals surface area contributed by atoms with Gasteiger partial charge < -0.3 is 42.6 Å². The zero-order chi connectivity index (χ0) is 51.7. The molecule has 15 nitrogen and oxygen atoms in total. The second-order valence-corrected chi connectivity index (χ2v) is 20.0. The fraction of sp³-hybridized carbons (Fsp3) is 0.500. The molecule has 0 aliphatic carbocycles. The highest BCUT2D eigenvalue weighted by molar-refractivity contribution is 9.93. The normalized spacial score (nSPS) is 10.7. The summed E-state index contributed by atoms with van der Waals surface area (Å²) >= 11 is 15.6. The van der Waals surface area contributed by atoms with Crippen molar-refractivity contribution in [2.45, 2.75) is 71.0 Å². The summed E-state index contributed by atoms with van der Waals surface area (Å²) in [5.41, 5.74) is 1.92. The van der Waals surface area contributed by atoms with Gasteiger partial charge in [0.15, 0.2) is 17.3 Å². The molecule has 0 radical (unpaired) electrons. The van der Waals surface area contributed by atoms with Gasteiger partial charge >= 0.3 is 17.9 Å². The van der Waals surface area contributed by atoms with Crippen LogP contribution in [0, 0.1) is 5.92 Å². The first-order valence-corrected chi connectivity index (χ1v) is 27.3. The maximum atomic E-state index is 12.2.